The Bertz CT molecular complexity index is 3260. The van der Waals surface area contributed by atoms with Crippen molar-refractivity contribution in [2.24, 2.45) is 0 Å². The molecule has 0 unspecified atom stereocenters. The van der Waals surface area contributed by atoms with Crippen molar-refractivity contribution in [3.63, 3.8) is 0 Å². The van der Waals surface area contributed by atoms with Crippen molar-refractivity contribution >= 4 is 98.2 Å². The maximum Gasteiger partial charge on any atom is 0.468 e. The number of fused-ring (bicyclic) bond motifs is 4. The number of rotatable bonds is 8. The summed E-state index contributed by atoms with van der Waals surface area (Å²) in [6.07, 6.45) is 1.84. The molecule has 0 saturated carbocycles. The lowest BCUT2D eigenvalue weighted by Gasteiger charge is -2.43. The molecule has 0 aliphatic carbocycles. The van der Waals surface area contributed by atoms with Gasteiger partial charge in [-0.15, -0.1) is 0 Å². The van der Waals surface area contributed by atoms with Crippen molar-refractivity contribution < 1.29 is 32.2 Å². The normalized spacial score (nSPS) is 15.9. The second-order valence-corrected chi connectivity index (χ2v) is 24.4. The summed E-state index contributed by atoms with van der Waals surface area (Å²) in [7, 11) is -3.81. The van der Waals surface area contributed by atoms with Crippen LogP contribution < -0.4 is 25.5 Å². The van der Waals surface area contributed by atoms with E-state index in [-0.39, 0.29) is 21.3 Å². The molecule has 11 nitrogen and oxygen atoms in total. The first-order valence-corrected chi connectivity index (χ1v) is 26.2. The van der Waals surface area contributed by atoms with Gasteiger partial charge in [0.25, 0.3) is 0 Å². The lowest BCUT2D eigenvalue weighted by atomic mass is 9.49. The van der Waals surface area contributed by atoms with Gasteiger partial charge in [0.2, 0.25) is 0 Å². The maximum atomic E-state index is 6.91. The zero-order valence-corrected chi connectivity index (χ0v) is 45.3. The van der Waals surface area contributed by atoms with E-state index in [1.807, 2.05) is 42.6 Å². The van der Waals surface area contributed by atoms with Crippen LogP contribution in [-0.2, 0) is 27.4 Å². The highest BCUT2D eigenvalue weighted by molar-refractivity contribution is 6.84. The molecular weight excluding hydrogens is 930 g/mol. The van der Waals surface area contributed by atoms with Crippen LogP contribution in [0, 0.1) is 0 Å². The highest BCUT2D eigenvalue weighted by Gasteiger charge is 2.55. The van der Waals surface area contributed by atoms with Gasteiger partial charge in [0.05, 0.1) is 22.4 Å². The molecule has 2 fully saturated rings. The van der Waals surface area contributed by atoms with Gasteiger partial charge in [-0.2, -0.15) is 0 Å². The molecule has 0 N–H and O–H groups in total. The average molecular weight is 994 g/mol. The largest absolute Gasteiger partial charge is 0.468 e. The number of pyridine rings is 1. The van der Waals surface area contributed by atoms with Crippen molar-refractivity contribution in [1.29, 1.82) is 0 Å². The molecular formula is C58H64B6N4O7. The van der Waals surface area contributed by atoms with E-state index in [1.165, 1.54) is 5.56 Å². The van der Waals surface area contributed by atoms with Gasteiger partial charge in [-0.1, -0.05) is 162 Å². The Hall–Kier alpha value is -6.18. The highest BCUT2D eigenvalue weighted by atomic mass is 16.7. The predicted molar refractivity (Wildman–Crippen MR) is 312 cm³/mol. The Morgan fingerprint density at radius 3 is 1.56 bits per heavy atom. The Balaban J connectivity index is 0.986. The second kappa shape index (κ2) is 19.4. The zero-order chi connectivity index (χ0) is 52.6. The van der Waals surface area contributed by atoms with Gasteiger partial charge in [-0.25, -0.2) is 4.98 Å². The summed E-state index contributed by atoms with van der Waals surface area (Å²) in [5.41, 5.74) is 9.91. The van der Waals surface area contributed by atoms with Crippen LogP contribution in [-0.4, -0.2) is 58.9 Å². The summed E-state index contributed by atoms with van der Waals surface area (Å²) in [6, 6.07) is 52.5. The molecule has 8 aromatic rings. The van der Waals surface area contributed by atoms with Crippen LogP contribution in [0.3, 0.4) is 0 Å². The molecule has 6 aromatic carbocycles. The van der Waals surface area contributed by atoms with Crippen molar-refractivity contribution in [1.82, 2.24) is 9.55 Å². The number of nitrogens with zero attached hydrogens (tertiary/aromatic N) is 4. The fourth-order valence-electron chi connectivity index (χ4n) is 10.1. The number of aromatic nitrogens is 2. The summed E-state index contributed by atoms with van der Waals surface area (Å²) in [4.78, 5) is 9.46. The van der Waals surface area contributed by atoms with E-state index in [4.69, 9.17) is 37.2 Å². The van der Waals surface area contributed by atoms with Crippen LogP contribution in [0.1, 0.15) is 83.1 Å². The van der Waals surface area contributed by atoms with Gasteiger partial charge in [-0.3, -0.25) is 4.57 Å². The molecule has 0 bridgehead atoms. The Morgan fingerprint density at radius 2 is 0.987 bits per heavy atom. The van der Waals surface area contributed by atoms with E-state index in [2.05, 4.69) is 213 Å². The lowest BCUT2D eigenvalue weighted by Crippen LogP contribution is -2.62. The summed E-state index contributed by atoms with van der Waals surface area (Å²) in [6.45, 7) is 26.0. The zero-order valence-electron chi connectivity index (χ0n) is 45.3. The highest BCUT2D eigenvalue weighted by Crippen LogP contribution is 2.47. The number of ether oxygens (including phenoxy) is 1. The minimum absolute atomic E-state index is 0.351. The predicted octanol–water partition coefficient (Wildman–Crippen LogP) is 13.6. The summed E-state index contributed by atoms with van der Waals surface area (Å²) in [5.74, 6) is 2.25. The van der Waals surface area contributed by atoms with Gasteiger partial charge in [0.15, 0.2) is 0 Å². The minimum atomic E-state index is -0.795. The van der Waals surface area contributed by atoms with Gasteiger partial charge < -0.3 is 42.0 Å². The Kier molecular flexibility index (Phi) is 13.2. The van der Waals surface area contributed by atoms with Crippen molar-refractivity contribution in [2.75, 3.05) is 16.5 Å². The molecule has 5 heterocycles. The first-order valence-electron chi connectivity index (χ1n) is 26.2. The van der Waals surface area contributed by atoms with Gasteiger partial charge in [0.1, 0.15) is 24.0 Å². The Morgan fingerprint density at radius 1 is 0.440 bits per heavy atom. The topological polar surface area (TPSA) is 88.9 Å². The number of benzene rings is 6. The fraction of sp³-hybridized carbons (Fsp3) is 0.293. The van der Waals surface area contributed by atoms with Gasteiger partial charge >= 0.3 is 42.7 Å². The average Bonchev–Trinajstić information content (AvgIpc) is 3.95. The first kappa shape index (κ1) is 51.0. The number of hydrogen-bond donors (Lipinski definition) is 0. The molecule has 3 aliphatic heterocycles. The van der Waals surface area contributed by atoms with Crippen molar-refractivity contribution in [3.8, 4) is 28.4 Å². The van der Waals surface area contributed by atoms with E-state index in [0.717, 1.165) is 66.9 Å². The lowest BCUT2D eigenvalue weighted by molar-refractivity contribution is 0.250. The SMILES string of the molecule is CC(C)(C)B1OB(c2cccc(B3OB(C(C)(C)C)OB(C(C)(C)C)O3)c2N2CN(c3cccc(Oc4ccc5c6cc(-c7ccccc7)ccc6n(-c6ccccn6)c5c4)c3)c3ccccc32)OB(C(C)(C)C)O1. The molecule has 0 atom stereocenters. The first-order chi connectivity index (χ1) is 35.7. The summed E-state index contributed by atoms with van der Waals surface area (Å²) < 4.78 is 49.9. The monoisotopic (exact) mass is 995 g/mol. The van der Waals surface area contributed by atoms with Crippen molar-refractivity contribution in [3.05, 3.63) is 158 Å². The van der Waals surface area contributed by atoms with E-state index in [1.54, 1.807) is 0 Å². The fourth-order valence-corrected chi connectivity index (χ4v) is 10.1. The van der Waals surface area contributed by atoms with Gasteiger partial charge in [-0.05, 0) is 93.0 Å². The number of para-hydroxylation sites is 3. The third-order valence-corrected chi connectivity index (χ3v) is 14.0. The van der Waals surface area contributed by atoms with Crippen LogP contribution in [0.2, 0.25) is 21.3 Å². The summed E-state index contributed by atoms with van der Waals surface area (Å²) >= 11 is 0. The second-order valence-electron chi connectivity index (χ2n) is 24.4. The van der Waals surface area contributed by atoms with E-state index >= 15 is 0 Å². The molecule has 17 heteroatoms. The third-order valence-electron chi connectivity index (χ3n) is 14.0. The van der Waals surface area contributed by atoms with Crippen LogP contribution >= 0.6 is 0 Å². The van der Waals surface area contributed by atoms with E-state index < -0.39 is 42.7 Å². The quantitative estimate of drug-likeness (QED) is 0.137. The Labute approximate surface area is 445 Å². The maximum absolute atomic E-state index is 6.91. The molecule has 2 saturated heterocycles. The molecule has 75 heavy (non-hydrogen) atoms. The third kappa shape index (κ3) is 10.1. The number of anilines is 4. The van der Waals surface area contributed by atoms with E-state index in [9.17, 15) is 0 Å². The molecule has 11 rings (SSSR count). The molecule has 0 spiro atoms. The standard InChI is InChI=1S/C58H64B6N4O7/c1-55(2,3)61-70-59(71-62(74-61)56(4,5)6)47-26-21-27-48(60-72-63(57(7,8)9)75-64(73-60)58(10,11)12)54(47)67-39-66(50-28-16-17-29-51(50)67)42-24-20-25-43(37-42)69-44-32-33-45-46-36-41(40-22-14-13-15-23-40)31-34-49(46)68(52(45)38-44)53-30-18-19-35-65-53/h13-38H,39H2,1-12H3. The number of hydrogen-bond acceptors (Lipinski definition) is 10. The van der Waals surface area contributed by atoms with Crippen LogP contribution in [0.4, 0.5) is 22.7 Å². The van der Waals surface area contributed by atoms with Crippen LogP contribution in [0.5, 0.6) is 11.5 Å². The minimum Gasteiger partial charge on any atom is -0.457 e. The smallest absolute Gasteiger partial charge is 0.457 e. The van der Waals surface area contributed by atoms with Crippen LogP contribution in [0.25, 0.3) is 38.8 Å². The van der Waals surface area contributed by atoms with Crippen molar-refractivity contribution in [2.45, 2.75) is 104 Å². The molecule has 3 aliphatic rings. The van der Waals surface area contributed by atoms with Crippen LogP contribution in [0.15, 0.2) is 158 Å². The van der Waals surface area contributed by atoms with Gasteiger partial charge in [0, 0.05) is 51.4 Å². The summed E-state index contributed by atoms with van der Waals surface area (Å²) in [5, 5.41) is 0.850. The van der Waals surface area contributed by atoms with E-state index in [0.29, 0.717) is 18.2 Å². The molecule has 376 valence electrons. The molecule has 0 radical (unpaired) electrons. The molecule has 0 amide bonds. The molecule has 2 aromatic heterocycles.